The standard InChI is InChI=1S/C27H19NO/c1-2-28-25-13-6-5-9-21(25)22-12-7-11-18(26(22)28)17-14-15-20-19-8-3-4-10-23(19)27(29)24(20)16-17/h3-16H,2H2,1H3. The fraction of sp³-hybridized carbons (Fsp3) is 0.0741. The van der Waals surface area contributed by atoms with Crippen molar-refractivity contribution in [2.75, 3.05) is 0 Å². The van der Waals surface area contributed by atoms with E-state index in [1.807, 2.05) is 24.3 Å². The first-order valence-corrected chi connectivity index (χ1v) is 10.1. The predicted octanol–water partition coefficient (Wildman–Crippen LogP) is 6.69. The van der Waals surface area contributed by atoms with Crippen LogP contribution in [0.1, 0.15) is 22.8 Å². The molecule has 5 aromatic rings. The molecule has 0 unspecified atom stereocenters. The molecule has 0 atom stereocenters. The van der Waals surface area contributed by atoms with Gasteiger partial charge in [0, 0.05) is 39.5 Å². The zero-order chi connectivity index (χ0) is 19.5. The first kappa shape index (κ1) is 16.3. The second-order valence-electron chi connectivity index (χ2n) is 7.60. The van der Waals surface area contributed by atoms with Gasteiger partial charge in [-0.05, 0) is 35.7 Å². The highest BCUT2D eigenvalue weighted by Gasteiger charge is 2.26. The number of carbonyl (C=O) groups excluding carboxylic acids is 1. The molecule has 4 aromatic carbocycles. The van der Waals surface area contributed by atoms with Gasteiger partial charge < -0.3 is 4.57 Å². The van der Waals surface area contributed by atoms with E-state index in [-0.39, 0.29) is 5.78 Å². The minimum Gasteiger partial charge on any atom is -0.340 e. The Balaban J connectivity index is 1.64. The van der Waals surface area contributed by atoms with Gasteiger partial charge in [-0.3, -0.25) is 4.79 Å². The molecular formula is C27H19NO. The summed E-state index contributed by atoms with van der Waals surface area (Å²) in [6.07, 6.45) is 0. The average molecular weight is 373 g/mol. The summed E-state index contributed by atoms with van der Waals surface area (Å²) in [5.41, 5.74) is 8.44. The number of para-hydroxylation sites is 2. The lowest BCUT2D eigenvalue weighted by molar-refractivity contribution is 0.104. The Morgan fingerprint density at radius 1 is 0.655 bits per heavy atom. The van der Waals surface area contributed by atoms with Crippen molar-refractivity contribution >= 4 is 27.6 Å². The third-order valence-electron chi connectivity index (χ3n) is 6.14. The van der Waals surface area contributed by atoms with Gasteiger partial charge >= 0.3 is 0 Å². The van der Waals surface area contributed by atoms with Gasteiger partial charge in [-0.1, -0.05) is 72.8 Å². The number of hydrogen-bond donors (Lipinski definition) is 0. The molecule has 0 spiro atoms. The van der Waals surface area contributed by atoms with Crippen LogP contribution < -0.4 is 0 Å². The Hall–Kier alpha value is -3.65. The number of aryl methyl sites for hydroxylation is 1. The molecule has 0 bridgehead atoms. The molecule has 0 saturated carbocycles. The molecule has 1 aliphatic rings. The second kappa shape index (κ2) is 5.92. The molecule has 1 heterocycles. The molecule has 2 nitrogen and oxygen atoms in total. The van der Waals surface area contributed by atoms with Crippen molar-refractivity contribution in [1.82, 2.24) is 4.57 Å². The highest BCUT2D eigenvalue weighted by molar-refractivity contribution is 6.22. The molecule has 29 heavy (non-hydrogen) atoms. The van der Waals surface area contributed by atoms with Crippen LogP contribution in [0.5, 0.6) is 0 Å². The first-order chi connectivity index (χ1) is 14.3. The quantitative estimate of drug-likeness (QED) is 0.331. The maximum absolute atomic E-state index is 13.0. The molecule has 138 valence electrons. The van der Waals surface area contributed by atoms with Crippen LogP contribution in [0.2, 0.25) is 0 Å². The topological polar surface area (TPSA) is 22.0 Å². The van der Waals surface area contributed by atoms with Gasteiger partial charge in [0.15, 0.2) is 5.78 Å². The molecule has 0 N–H and O–H groups in total. The SMILES string of the molecule is CCn1c2ccccc2c2cccc(-c3ccc4c(c3)C(=O)c3ccccc3-4)c21. The van der Waals surface area contributed by atoms with E-state index in [1.165, 1.54) is 27.4 Å². The van der Waals surface area contributed by atoms with Crippen LogP contribution in [-0.2, 0) is 6.54 Å². The van der Waals surface area contributed by atoms with Gasteiger partial charge in [-0.2, -0.15) is 0 Å². The van der Waals surface area contributed by atoms with E-state index in [0.29, 0.717) is 0 Å². The zero-order valence-corrected chi connectivity index (χ0v) is 16.1. The Morgan fingerprint density at radius 3 is 2.21 bits per heavy atom. The van der Waals surface area contributed by atoms with E-state index in [4.69, 9.17) is 0 Å². The average Bonchev–Trinajstić information content (AvgIpc) is 3.26. The second-order valence-corrected chi connectivity index (χ2v) is 7.60. The van der Waals surface area contributed by atoms with E-state index in [1.54, 1.807) is 0 Å². The highest BCUT2D eigenvalue weighted by Crippen LogP contribution is 2.41. The minimum atomic E-state index is 0.126. The van der Waals surface area contributed by atoms with Gasteiger partial charge in [0.1, 0.15) is 0 Å². The number of hydrogen-bond acceptors (Lipinski definition) is 1. The summed E-state index contributed by atoms with van der Waals surface area (Å²) in [5, 5.41) is 2.53. The maximum Gasteiger partial charge on any atom is 0.194 e. The van der Waals surface area contributed by atoms with Crippen LogP contribution in [0.4, 0.5) is 0 Å². The van der Waals surface area contributed by atoms with Gasteiger partial charge in [0.2, 0.25) is 0 Å². The van der Waals surface area contributed by atoms with E-state index in [2.05, 4.69) is 72.2 Å². The fourth-order valence-corrected chi connectivity index (χ4v) is 4.87. The molecular weight excluding hydrogens is 354 g/mol. The molecule has 0 saturated heterocycles. The summed E-state index contributed by atoms with van der Waals surface area (Å²) in [4.78, 5) is 13.0. The Kier molecular flexibility index (Phi) is 3.33. The van der Waals surface area contributed by atoms with Gasteiger partial charge in [0.25, 0.3) is 0 Å². The molecule has 0 amide bonds. The predicted molar refractivity (Wildman–Crippen MR) is 119 cm³/mol. The highest BCUT2D eigenvalue weighted by atomic mass is 16.1. The van der Waals surface area contributed by atoms with Gasteiger partial charge in [-0.15, -0.1) is 0 Å². The van der Waals surface area contributed by atoms with Crippen molar-refractivity contribution in [3.63, 3.8) is 0 Å². The van der Waals surface area contributed by atoms with E-state index in [0.717, 1.165) is 34.4 Å². The van der Waals surface area contributed by atoms with Crippen LogP contribution in [0, 0.1) is 0 Å². The Bertz CT molecular complexity index is 1450. The first-order valence-electron chi connectivity index (χ1n) is 10.1. The van der Waals surface area contributed by atoms with E-state index in [9.17, 15) is 4.79 Å². The van der Waals surface area contributed by atoms with Crippen molar-refractivity contribution in [1.29, 1.82) is 0 Å². The van der Waals surface area contributed by atoms with Crippen molar-refractivity contribution in [2.24, 2.45) is 0 Å². The molecule has 1 aliphatic carbocycles. The van der Waals surface area contributed by atoms with Crippen LogP contribution in [0.15, 0.2) is 84.9 Å². The van der Waals surface area contributed by atoms with Crippen molar-refractivity contribution in [3.05, 3.63) is 96.1 Å². The van der Waals surface area contributed by atoms with Crippen LogP contribution in [-0.4, -0.2) is 10.4 Å². The molecule has 0 aliphatic heterocycles. The van der Waals surface area contributed by atoms with Crippen molar-refractivity contribution in [3.8, 4) is 22.3 Å². The maximum atomic E-state index is 13.0. The summed E-state index contributed by atoms with van der Waals surface area (Å²) in [7, 11) is 0. The lowest BCUT2D eigenvalue weighted by Gasteiger charge is -2.10. The number of ketones is 1. The number of fused-ring (bicyclic) bond motifs is 6. The van der Waals surface area contributed by atoms with E-state index < -0.39 is 0 Å². The third-order valence-corrected chi connectivity index (χ3v) is 6.14. The smallest absolute Gasteiger partial charge is 0.194 e. The number of carbonyl (C=O) groups is 1. The van der Waals surface area contributed by atoms with Crippen LogP contribution in [0.25, 0.3) is 44.1 Å². The van der Waals surface area contributed by atoms with Crippen molar-refractivity contribution in [2.45, 2.75) is 13.5 Å². The fourth-order valence-electron chi connectivity index (χ4n) is 4.87. The van der Waals surface area contributed by atoms with Crippen molar-refractivity contribution < 1.29 is 4.79 Å². The van der Waals surface area contributed by atoms with Crippen LogP contribution >= 0.6 is 0 Å². The summed E-state index contributed by atoms with van der Waals surface area (Å²) in [5.74, 6) is 0.126. The minimum absolute atomic E-state index is 0.126. The molecule has 1 aromatic heterocycles. The molecule has 0 radical (unpaired) electrons. The summed E-state index contributed by atoms with van der Waals surface area (Å²) < 4.78 is 2.38. The van der Waals surface area contributed by atoms with Crippen LogP contribution in [0.3, 0.4) is 0 Å². The molecule has 2 heteroatoms. The number of rotatable bonds is 2. The lowest BCUT2D eigenvalue weighted by Crippen LogP contribution is -1.97. The monoisotopic (exact) mass is 373 g/mol. The zero-order valence-electron chi connectivity index (χ0n) is 16.1. The normalized spacial score (nSPS) is 12.5. The summed E-state index contributed by atoms with van der Waals surface area (Å²) in [6.45, 7) is 3.09. The third kappa shape index (κ3) is 2.14. The number of benzene rings is 4. The largest absolute Gasteiger partial charge is 0.340 e. The van der Waals surface area contributed by atoms with Gasteiger partial charge in [-0.25, -0.2) is 0 Å². The van der Waals surface area contributed by atoms with E-state index >= 15 is 0 Å². The molecule has 0 fully saturated rings. The summed E-state index contributed by atoms with van der Waals surface area (Å²) >= 11 is 0. The summed E-state index contributed by atoms with van der Waals surface area (Å²) in [6, 6.07) is 29.3. The number of aromatic nitrogens is 1. The Labute approximate surface area is 169 Å². The van der Waals surface area contributed by atoms with Gasteiger partial charge in [0.05, 0.1) is 5.52 Å². The number of nitrogens with zero attached hydrogens (tertiary/aromatic N) is 1. The Morgan fingerprint density at radius 2 is 1.34 bits per heavy atom. The molecule has 6 rings (SSSR count). The lowest BCUT2D eigenvalue weighted by atomic mass is 9.97.